The molecule has 0 amide bonds. The van der Waals surface area contributed by atoms with Gasteiger partial charge in [0, 0.05) is 17.5 Å². The van der Waals surface area contributed by atoms with Crippen LogP contribution in [0.3, 0.4) is 0 Å². The normalized spacial score (nSPS) is 11.7. The van der Waals surface area contributed by atoms with Gasteiger partial charge in [0.25, 0.3) is 0 Å². The van der Waals surface area contributed by atoms with Crippen LogP contribution in [-0.2, 0) is 13.2 Å². The third kappa shape index (κ3) is 4.75. The molecule has 21 heavy (non-hydrogen) atoms. The lowest BCUT2D eigenvalue weighted by Crippen LogP contribution is -2.35. The second-order valence-corrected chi connectivity index (χ2v) is 6.62. The zero-order valence-corrected chi connectivity index (χ0v) is 13.1. The number of aromatic nitrogens is 1. The van der Waals surface area contributed by atoms with Gasteiger partial charge in [0.15, 0.2) is 11.6 Å². The number of thiazole rings is 1. The average Bonchev–Trinajstić information content (AvgIpc) is 2.85. The Bertz CT molecular complexity index is 608. The lowest BCUT2D eigenvalue weighted by Gasteiger charge is -2.19. The van der Waals surface area contributed by atoms with Crippen LogP contribution in [0.5, 0.6) is 5.75 Å². The van der Waals surface area contributed by atoms with E-state index in [1.165, 1.54) is 23.5 Å². The number of hydrogen-bond acceptors (Lipinski definition) is 4. The fourth-order valence-corrected chi connectivity index (χ4v) is 2.30. The van der Waals surface area contributed by atoms with E-state index in [1.807, 2.05) is 5.38 Å². The van der Waals surface area contributed by atoms with Crippen LogP contribution in [0.2, 0.25) is 0 Å². The van der Waals surface area contributed by atoms with E-state index in [4.69, 9.17) is 4.74 Å². The van der Waals surface area contributed by atoms with Crippen LogP contribution in [0.4, 0.5) is 8.78 Å². The van der Waals surface area contributed by atoms with Crippen molar-refractivity contribution in [3.8, 4) is 5.75 Å². The van der Waals surface area contributed by atoms with E-state index in [1.54, 1.807) is 0 Å². The van der Waals surface area contributed by atoms with E-state index in [0.717, 1.165) is 11.1 Å². The Morgan fingerprint density at radius 2 is 2.05 bits per heavy atom. The highest BCUT2D eigenvalue weighted by atomic mass is 32.1. The largest absolute Gasteiger partial charge is 0.484 e. The van der Waals surface area contributed by atoms with Crippen LogP contribution in [0.1, 0.15) is 31.5 Å². The minimum absolute atomic E-state index is 0.0209. The van der Waals surface area contributed by atoms with Crippen molar-refractivity contribution < 1.29 is 13.5 Å². The van der Waals surface area contributed by atoms with Gasteiger partial charge in [0.2, 0.25) is 5.82 Å². The Hall–Kier alpha value is -1.53. The summed E-state index contributed by atoms with van der Waals surface area (Å²) in [5.41, 5.74) is 0.724. The number of nitrogens with zero attached hydrogens (tertiary/aromatic N) is 1. The maximum absolute atomic E-state index is 13.4. The second kappa shape index (κ2) is 6.49. The van der Waals surface area contributed by atoms with E-state index in [0.29, 0.717) is 12.2 Å². The summed E-state index contributed by atoms with van der Waals surface area (Å²) in [5.74, 6) is -1.99. The molecular formula is C15H18F2N2OS. The molecule has 1 aromatic carbocycles. The van der Waals surface area contributed by atoms with Crippen molar-refractivity contribution in [1.29, 1.82) is 0 Å². The molecule has 1 N–H and O–H groups in total. The summed E-state index contributed by atoms with van der Waals surface area (Å²) in [5, 5.41) is 6.13. The fraction of sp³-hybridized carbons (Fsp3) is 0.400. The van der Waals surface area contributed by atoms with Gasteiger partial charge >= 0.3 is 0 Å². The molecule has 0 bridgehead atoms. The molecule has 2 aromatic rings. The molecule has 0 saturated heterocycles. The Labute approximate surface area is 127 Å². The molecule has 6 heteroatoms. The Kier molecular flexibility index (Phi) is 4.90. The predicted molar refractivity (Wildman–Crippen MR) is 79.4 cm³/mol. The van der Waals surface area contributed by atoms with Crippen molar-refractivity contribution in [2.75, 3.05) is 0 Å². The van der Waals surface area contributed by atoms with Gasteiger partial charge in [0.05, 0.1) is 5.69 Å². The lowest BCUT2D eigenvalue weighted by atomic mass is 10.1. The van der Waals surface area contributed by atoms with Gasteiger partial charge in [-0.2, -0.15) is 4.39 Å². The highest BCUT2D eigenvalue weighted by Gasteiger charge is 2.12. The third-order valence-electron chi connectivity index (χ3n) is 2.66. The molecular weight excluding hydrogens is 294 g/mol. The summed E-state index contributed by atoms with van der Waals surface area (Å²) in [6.45, 7) is 7.03. The van der Waals surface area contributed by atoms with Gasteiger partial charge in [-0.25, -0.2) is 9.37 Å². The van der Waals surface area contributed by atoms with E-state index >= 15 is 0 Å². The maximum Gasteiger partial charge on any atom is 0.200 e. The van der Waals surface area contributed by atoms with Gasteiger partial charge in [0.1, 0.15) is 11.6 Å². The van der Waals surface area contributed by atoms with Crippen LogP contribution in [-0.4, -0.2) is 10.5 Å². The summed E-state index contributed by atoms with van der Waals surface area (Å²) in [7, 11) is 0. The van der Waals surface area contributed by atoms with Crippen LogP contribution in [0, 0.1) is 11.6 Å². The van der Waals surface area contributed by atoms with Crippen LogP contribution < -0.4 is 10.1 Å². The average molecular weight is 312 g/mol. The molecule has 0 aliphatic heterocycles. The minimum Gasteiger partial charge on any atom is -0.484 e. The highest BCUT2D eigenvalue weighted by Crippen LogP contribution is 2.21. The molecule has 1 heterocycles. The molecule has 3 nitrogen and oxygen atoms in total. The minimum atomic E-state index is -0.970. The first-order valence-corrected chi connectivity index (χ1v) is 7.48. The molecule has 0 aliphatic rings. The monoisotopic (exact) mass is 312 g/mol. The van der Waals surface area contributed by atoms with Gasteiger partial charge in [-0.05, 0) is 32.9 Å². The topological polar surface area (TPSA) is 34.2 Å². The van der Waals surface area contributed by atoms with Gasteiger partial charge < -0.3 is 10.1 Å². The number of hydrogen-bond donors (Lipinski definition) is 1. The summed E-state index contributed by atoms with van der Waals surface area (Å²) in [4.78, 5) is 4.40. The Balaban J connectivity index is 1.92. The standard InChI is InChI=1S/C15H18F2N2OS/c1-15(2,3)18-7-13-19-10(9-21-13)8-20-12-6-4-5-11(16)14(12)17/h4-6,9,18H,7-8H2,1-3H3. The summed E-state index contributed by atoms with van der Waals surface area (Å²) in [6, 6.07) is 3.86. The zero-order chi connectivity index (χ0) is 15.5. The summed E-state index contributed by atoms with van der Waals surface area (Å²) < 4.78 is 31.7. The Morgan fingerprint density at radius 3 is 2.76 bits per heavy atom. The SMILES string of the molecule is CC(C)(C)NCc1nc(COc2cccc(F)c2F)cs1. The molecule has 0 fully saturated rings. The van der Waals surface area contributed by atoms with Crippen molar-refractivity contribution in [3.63, 3.8) is 0 Å². The van der Waals surface area contributed by atoms with Gasteiger partial charge in [-0.15, -0.1) is 11.3 Å². The maximum atomic E-state index is 13.4. The number of ether oxygens (including phenoxy) is 1. The molecule has 1 aromatic heterocycles. The molecule has 0 spiro atoms. The summed E-state index contributed by atoms with van der Waals surface area (Å²) >= 11 is 1.51. The van der Waals surface area contributed by atoms with Crippen molar-refractivity contribution >= 4 is 11.3 Å². The van der Waals surface area contributed by atoms with E-state index in [-0.39, 0.29) is 17.9 Å². The second-order valence-electron chi connectivity index (χ2n) is 5.68. The van der Waals surface area contributed by atoms with Gasteiger partial charge in [-0.3, -0.25) is 0 Å². The lowest BCUT2D eigenvalue weighted by molar-refractivity contribution is 0.281. The smallest absolute Gasteiger partial charge is 0.200 e. The van der Waals surface area contributed by atoms with Crippen LogP contribution in [0.15, 0.2) is 23.6 Å². The zero-order valence-electron chi connectivity index (χ0n) is 12.2. The first kappa shape index (κ1) is 15.9. The number of nitrogens with one attached hydrogen (secondary N) is 1. The van der Waals surface area contributed by atoms with E-state index < -0.39 is 11.6 Å². The molecule has 0 saturated carbocycles. The predicted octanol–water partition coefficient (Wildman–Crippen LogP) is 3.89. The number of halogens is 2. The molecule has 0 aliphatic carbocycles. The molecule has 114 valence electrons. The van der Waals surface area contributed by atoms with Gasteiger partial charge in [-0.1, -0.05) is 6.07 Å². The first-order chi connectivity index (χ1) is 9.85. The number of benzene rings is 1. The molecule has 0 unspecified atom stereocenters. The molecule has 2 rings (SSSR count). The fourth-order valence-electron chi connectivity index (χ4n) is 1.58. The van der Waals surface area contributed by atoms with Crippen LogP contribution in [0.25, 0.3) is 0 Å². The van der Waals surface area contributed by atoms with Crippen molar-refractivity contribution in [1.82, 2.24) is 10.3 Å². The highest BCUT2D eigenvalue weighted by molar-refractivity contribution is 7.09. The quantitative estimate of drug-likeness (QED) is 0.909. The first-order valence-electron chi connectivity index (χ1n) is 6.60. The molecule has 0 radical (unpaired) electrons. The number of rotatable bonds is 5. The summed E-state index contributed by atoms with van der Waals surface area (Å²) in [6.07, 6.45) is 0. The van der Waals surface area contributed by atoms with E-state index in [9.17, 15) is 8.78 Å². The third-order valence-corrected chi connectivity index (χ3v) is 3.56. The molecule has 0 atom stereocenters. The Morgan fingerprint density at radius 1 is 1.29 bits per heavy atom. The van der Waals surface area contributed by atoms with Crippen molar-refractivity contribution in [2.45, 2.75) is 39.5 Å². The van der Waals surface area contributed by atoms with Crippen LogP contribution >= 0.6 is 11.3 Å². The van der Waals surface area contributed by atoms with E-state index in [2.05, 4.69) is 31.1 Å². The van der Waals surface area contributed by atoms with Crippen molar-refractivity contribution in [3.05, 3.63) is 45.9 Å². The van der Waals surface area contributed by atoms with Crippen molar-refractivity contribution in [2.24, 2.45) is 0 Å².